The number of nitrogens with two attached hydrogens (primary N) is 1. The van der Waals surface area contributed by atoms with E-state index in [-0.39, 0.29) is 0 Å². The third kappa shape index (κ3) is 4.00. The highest BCUT2D eigenvalue weighted by Gasteiger charge is 2.36. The maximum absolute atomic E-state index is 13.1. The Morgan fingerprint density at radius 1 is 1.09 bits per heavy atom. The topological polar surface area (TPSA) is 86.6 Å². The van der Waals surface area contributed by atoms with E-state index in [4.69, 9.17) is 5.73 Å². The number of fused-ring (bicyclic) bond motifs is 1. The average molecular weight is 471 g/mol. The Kier molecular flexibility index (Phi) is 5.02. The summed E-state index contributed by atoms with van der Waals surface area (Å²) in [5.41, 5.74) is 9.74. The Hall–Kier alpha value is -3.24. The summed E-state index contributed by atoms with van der Waals surface area (Å²) in [6, 6.07) is 13.0. The van der Waals surface area contributed by atoms with E-state index < -0.39 is 22.8 Å². The number of hydrogen-bond donors (Lipinski definition) is 3. The molecule has 3 heterocycles. The normalized spacial score (nSPS) is 16.8. The fraction of sp³-hybridized carbons (Fsp3) is 0.217. The van der Waals surface area contributed by atoms with E-state index in [1.165, 1.54) is 11.8 Å². The van der Waals surface area contributed by atoms with E-state index in [2.05, 4.69) is 20.4 Å². The predicted octanol–water partition coefficient (Wildman–Crippen LogP) is 5.89. The highest BCUT2D eigenvalue weighted by molar-refractivity contribution is 8.02. The number of aromatic amines is 2. The zero-order valence-corrected chi connectivity index (χ0v) is 18.6. The number of nitrogens with one attached hydrogen (secondary N) is 2. The molecule has 0 saturated carbocycles. The molecule has 1 aliphatic rings. The number of H-pyrrole nitrogens is 2. The van der Waals surface area contributed by atoms with Crippen molar-refractivity contribution >= 4 is 28.4 Å². The van der Waals surface area contributed by atoms with Gasteiger partial charge in [0, 0.05) is 22.7 Å². The Morgan fingerprint density at radius 3 is 2.64 bits per heavy atom. The number of nitrogens with zero attached hydrogens (tertiary/aromatic N) is 3. The van der Waals surface area contributed by atoms with Gasteiger partial charge in [0.25, 0.3) is 0 Å². The summed E-state index contributed by atoms with van der Waals surface area (Å²) >= 11 is 1.40. The molecule has 33 heavy (non-hydrogen) atoms. The van der Waals surface area contributed by atoms with Gasteiger partial charge < -0.3 is 10.6 Å². The molecular weight excluding hydrogens is 449 g/mol. The average Bonchev–Trinajstić information content (AvgIpc) is 3.51. The van der Waals surface area contributed by atoms with Crippen LogP contribution < -0.4 is 10.6 Å². The van der Waals surface area contributed by atoms with Crippen LogP contribution in [0.25, 0.3) is 22.0 Å². The van der Waals surface area contributed by atoms with Crippen LogP contribution in [0.2, 0.25) is 0 Å². The number of aromatic nitrogens is 4. The number of benzene rings is 2. The summed E-state index contributed by atoms with van der Waals surface area (Å²) in [6.07, 6.45) is -0.900. The summed E-state index contributed by atoms with van der Waals surface area (Å²) in [5, 5.41) is 15.5. The molecule has 4 aromatic rings. The minimum atomic E-state index is -4.51. The molecule has 4 N–H and O–H groups in total. The minimum Gasteiger partial charge on any atom is -0.328 e. The standard InChI is InChI=1S/C23H21F3N6S/c1-22(2,27)15-5-3-4-13(8-15)16-9-14-12-28-29-17(14)10-19(16)32-6-7-33-21(32)18-11-20(31-30-18)23(24,25)26/h3-12,21H,27H2,1-2H3,(H,28,29)(H,30,31). The summed E-state index contributed by atoms with van der Waals surface area (Å²) < 4.78 is 39.4. The first kappa shape index (κ1) is 21.6. The highest BCUT2D eigenvalue weighted by atomic mass is 32.2. The lowest BCUT2D eigenvalue weighted by Crippen LogP contribution is -2.28. The first-order valence-corrected chi connectivity index (χ1v) is 11.2. The lowest BCUT2D eigenvalue weighted by atomic mass is 9.91. The summed E-state index contributed by atoms with van der Waals surface area (Å²) in [6.45, 7) is 3.89. The number of anilines is 1. The van der Waals surface area contributed by atoms with E-state index in [1.54, 1.807) is 6.20 Å². The van der Waals surface area contributed by atoms with Crippen LogP contribution in [-0.2, 0) is 11.7 Å². The van der Waals surface area contributed by atoms with E-state index in [0.29, 0.717) is 5.69 Å². The molecule has 0 fully saturated rings. The maximum atomic E-state index is 13.1. The lowest BCUT2D eigenvalue weighted by molar-refractivity contribution is -0.141. The quantitative estimate of drug-likeness (QED) is 0.346. The van der Waals surface area contributed by atoms with Crippen molar-refractivity contribution in [3.8, 4) is 11.1 Å². The molecular formula is C23H21F3N6S. The number of thioether (sulfide) groups is 1. The Balaban J connectivity index is 1.63. The monoisotopic (exact) mass is 470 g/mol. The highest BCUT2D eigenvalue weighted by Crippen LogP contribution is 2.46. The van der Waals surface area contributed by atoms with Gasteiger partial charge in [0.2, 0.25) is 0 Å². The summed E-state index contributed by atoms with van der Waals surface area (Å²) in [4.78, 5) is 1.94. The van der Waals surface area contributed by atoms with Crippen molar-refractivity contribution < 1.29 is 13.2 Å². The Morgan fingerprint density at radius 2 is 1.91 bits per heavy atom. The van der Waals surface area contributed by atoms with Gasteiger partial charge in [-0.15, -0.1) is 11.8 Å². The largest absolute Gasteiger partial charge is 0.435 e. The second-order valence-electron chi connectivity index (χ2n) is 8.52. The second-order valence-corrected chi connectivity index (χ2v) is 9.51. The third-order valence-corrected chi connectivity index (χ3v) is 6.61. The van der Waals surface area contributed by atoms with E-state index >= 15 is 0 Å². The first-order chi connectivity index (χ1) is 15.6. The first-order valence-electron chi connectivity index (χ1n) is 10.2. The van der Waals surface area contributed by atoms with Crippen LogP contribution in [0.5, 0.6) is 0 Å². The zero-order valence-electron chi connectivity index (χ0n) is 17.8. The molecule has 5 rings (SSSR count). The van der Waals surface area contributed by atoms with Crippen LogP contribution in [0, 0.1) is 0 Å². The maximum Gasteiger partial charge on any atom is 0.435 e. The van der Waals surface area contributed by atoms with Crippen molar-refractivity contribution in [2.24, 2.45) is 5.73 Å². The molecule has 2 aromatic carbocycles. The summed E-state index contributed by atoms with van der Waals surface area (Å²) in [5.74, 6) is 0. The van der Waals surface area contributed by atoms with E-state index in [1.807, 2.05) is 66.8 Å². The molecule has 0 radical (unpaired) electrons. The van der Waals surface area contributed by atoms with Gasteiger partial charge in [-0.2, -0.15) is 23.4 Å². The minimum absolute atomic E-state index is 0.366. The van der Waals surface area contributed by atoms with Crippen LogP contribution in [0.15, 0.2) is 60.3 Å². The van der Waals surface area contributed by atoms with Crippen molar-refractivity contribution in [3.63, 3.8) is 0 Å². The van der Waals surface area contributed by atoms with Gasteiger partial charge in [-0.1, -0.05) is 18.2 Å². The number of alkyl halides is 3. The SMILES string of the molecule is CC(C)(N)c1cccc(-c2cc3cn[nH]c3cc2N2C=CSC2c2cc(C(F)(F)F)n[nH]2)c1. The summed E-state index contributed by atoms with van der Waals surface area (Å²) in [7, 11) is 0. The molecule has 1 atom stereocenters. The van der Waals surface area contributed by atoms with Crippen molar-refractivity contribution in [2.75, 3.05) is 4.90 Å². The fourth-order valence-electron chi connectivity index (χ4n) is 3.87. The molecule has 0 spiro atoms. The molecule has 170 valence electrons. The zero-order chi connectivity index (χ0) is 23.4. The molecule has 6 nitrogen and oxygen atoms in total. The van der Waals surface area contributed by atoms with E-state index in [0.717, 1.165) is 39.3 Å². The smallest absolute Gasteiger partial charge is 0.328 e. The van der Waals surface area contributed by atoms with Crippen molar-refractivity contribution in [3.05, 3.63) is 77.2 Å². The van der Waals surface area contributed by atoms with Gasteiger partial charge in [-0.25, -0.2) is 0 Å². The van der Waals surface area contributed by atoms with Crippen LogP contribution in [-0.4, -0.2) is 20.4 Å². The molecule has 2 aromatic heterocycles. The van der Waals surface area contributed by atoms with Crippen LogP contribution in [0.4, 0.5) is 18.9 Å². The van der Waals surface area contributed by atoms with Crippen LogP contribution >= 0.6 is 11.8 Å². The van der Waals surface area contributed by atoms with Gasteiger partial charge in [0.05, 0.1) is 23.1 Å². The Bertz CT molecular complexity index is 1350. The third-order valence-electron chi connectivity index (χ3n) is 5.59. The molecule has 1 aliphatic heterocycles. The van der Waals surface area contributed by atoms with Crippen molar-refractivity contribution in [2.45, 2.75) is 30.9 Å². The van der Waals surface area contributed by atoms with Crippen molar-refractivity contribution in [1.82, 2.24) is 20.4 Å². The van der Waals surface area contributed by atoms with Gasteiger partial charge in [0.1, 0.15) is 5.37 Å². The van der Waals surface area contributed by atoms with Gasteiger partial charge in [0.15, 0.2) is 5.69 Å². The molecule has 0 aliphatic carbocycles. The van der Waals surface area contributed by atoms with Gasteiger partial charge >= 0.3 is 6.18 Å². The Labute approximate surface area is 192 Å². The second kappa shape index (κ2) is 7.67. The molecule has 0 saturated heterocycles. The van der Waals surface area contributed by atoms with Crippen LogP contribution in [0.3, 0.4) is 0 Å². The van der Waals surface area contributed by atoms with Crippen molar-refractivity contribution in [1.29, 1.82) is 0 Å². The predicted molar refractivity (Wildman–Crippen MR) is 124 cm³/mol. The number of rotatable bonds is 4. The number of hydrogen-bond acceptors (Lipinski definition) is 5. The number of halogens is 3. The van der Waals surface area contributed by atoms with Crippen LogP contribution in [0.1, 0.15) is 36.2 Å². The molecule has 0 bridgehead atoms. The van der Waals surface area contributed by atoms with Gasteiger partial charge in [-0.3, -0.25) is 10.2 Å². The van der Waals surface area contributed by atoms with Gasteiger partial charge in [-0.05, 0) is 54.6 Å². The van der Waals surface area contributed by atoms with E-state index in [9.17, 15) is 13.2 Å². The fourth-order valence-corrected chi connectivity index (χ4v) is 4.80. The molecule has 1 unspecified atom stereocenters. The molecule has 0 amide bonds. The molecule has 10 heteroatoms. The lowest BCUT2D eigenvalue weighted by Gasteiger charge is -2.27.